The number of carbonyl (C=O) groups is 2. The van der Waals surface area contributed by atoms with Gasteiger partial charge in [0, 0.05) is 11.3 Å². The first kappa shape index (κ1) is 21.2. The number of methoxy groups -OCH3 is 1. The second kappa shape index (κ2) is 8.06. The third kappa shape index (κ3) is 3.27. The van der Waals surface area contributed by atoms with Crippen molar-refractivity contribution in [2.24, 2.45) is 10.2 Å². The van der Waals surface area contributed by atoms with E-state index < -0.39 is 25.0 Å². The van der Waals surface area contributed by atoms with Gasteiger partial charge in [0.25, 0.3) is 5.91 Å². The molecule has 0 saturated heterocycles. The summed E-state index contributed by atoms with van der Waals surface area (Å²) in [7, 11) is -2.56. The number of anilines is 1. The Kier molecular flexibility index (Phi) is 5.88. The number of hydrogen-bond donors (Lipinski definition) is 1. The number of benzene rings is 1. The molecule has 1 N–H and O–H groups in total. The normalized spacial score (nSPS) is 20.2. The summed E-state index contributed by atoms with van der Waals surface area (Å²) >= 11 is 0. The van der Waals surface area contributed by atoms with Crippen LogP contribution in [-0.2, 0) is 33.5 Å². The van der Waals surface area contributed by atoms with Crippen molar-refractivity contribution < 1.29 is 32.7 Å². The highest BCUT2D eigenvalue weighted by Crippen LogP contribution is 2.63. The molecule has 2 aliphatic heterocycles. The zero-order valence-electron chi connectivity index (χ0n) is 16.6. The number of fused-ring (bicyclic) bond motifs is 2. The van der Waals surface area contributed by atoms with Crippen molar-refractivity contribution in [3.8, 4) is 5.75 Å². The highest BCUT2D eigenvalue weighted by molar-refractivity contribution is 7.58. The van der Waals surface area contributed by atoms with E-state index in [0.717, 1.165) is 0 Å². The van der Waals surface area contributed by atoms with Gasteiger partial charge >= 0.3 is 13.6 Å². The zero-order valence-corrected chi connectivity index (χ0v) is 17.4. The number of azo groups is 1. The molecule has 1 aromatic carbocycles. The number of amides is 1. The van der Waals surface area contributed by atoms with Crippen LogP contribution >= 0.6 is 7.60 Å². The molecule has 0 aliphatic carbocycles. The quantitative estimate of drug-likeness (QED) is 0.502. The molecule has 1 atom stereocenters. The smallest absolute Gasteiger partial charge is 0.382 e. The molecule has 2 heterocycles. The Labute approximate surface area is 167 Å². The van der Waals surface area contributed by atoms with Crippen LogP contribution in [0.15, 0.2) is 39.4 Å². The first-order valence-corrected chi connectivity index (χ1v) is 10.7. The van der Waals surface area contributed by atoms with Crippen molar-refractivity contribution in [3.05, 3.63) is 34.8 Å². The van der Waals surface area contributed by atoms with E-state index in [-0.39, 0.29) is 30.8 Å². The predicted molar refractivity (Wildman–Crippen MR) is 103 cm³/mol. The number of hydrogen-bond acceptors (Lipinski definition) is 9. The molecular formula is C18H22N3O7P. The largest absolute Gasteiger partial charge is 0.497 e. The topological polar surface area (TPSA) is 125 Å². The molecule has 0 bridgehead atoms. The summed E-state index contributed by atoms with van der Waals surface area (Å²) in [6.07, 6.45) is 0. The van der Waals surface area contributed by atoms with E-state index in [9.17, 15) is 14.2 Å². The Balaban J connectivity index is 2.30. The monoisotopic (exact) mass is 423 g/mol. The second-order valence-electron chi connectivity index (χ2n) is 6.03. The van der Waals surface area contributed by atoms with Gasteiger partial charge in [-0.05, 0) is 39.0 Å². The molecule has 0 aromatic heterocycles. The van der Waals surface area contributed by atoms with E-state index in [0.29, 0.717) is 17.0 Å². The third-order valence-electron chi connectivity index (χ3n) is 4.41. The van der Waals surface area contributed by atoms with Gasteiger partial charge in [-0.2, -0.15) is 5.11 Å². The first-order valence-electron chi connectivity index (χ1n) is 9.12. The van der Waals surface area contributed by atoms with E-state index in [1.807, 2.05) is 0 Å². The Hall–Kier alpha value is -2.55. The van der Waals surface area contributed by atoms with Crippen LogP contribution in [0.2, 0.25) is 0 Å². The molecule has 1 amide bonds. The summed E-state index contributed by atoms with van der Waals surface area (Å²) in [5.74, 6) is -1.05. The van der Waals surface area contributed by atoms with Crippen LogP contribution in [0.5, 0.6) is 5.75 Å². The number of nitrogens with one attached hydrogen (secondary N) is 1. The Morgan fingerprint density at radius 2 is 1.86 bits per heavy atom. The second-order valence-corrected chi connectivity index (χ2v) is 7.96. The van der Waals surface area contributed by atoms with Gasteiger partial charge in [0.1, 0.15) is 11.3 Å². The van der Waals surface area contributed by atoms with E-state index in [2.05, 4.69) is 15.5 Å². The molecular weight excluding hydrogens is 401 g/mol. The van der Waals surface area contributed by atoms with E-state index in [4.69, 9.17) is 18.5 Å². The Morgan fingerprint density at radius 1 is 1.17 bits per heavy atom. The maximum Gasteiger partial charge on any atom is 0.382 e. The zero-order chi connectivity index (χ0) is 21.2. The van der Waals surface area contributed by atoms with Gasteiger partial charge < -0.3 is 23.8 Å². The minimum absolute atomic E-state index is 0.0336. The minimum atomic E-state index is -4.03. The van der Waals surface area contributed by atoms with Crippen molar-refractivity contribution in [2.75, 3.05) is 32.2 Å². The molecule has 0 radical (unpaired) electrons. The molecule has 1 spiro atoms. The predicted octanol–water partition coefficient (Wildman–Crippen LogP) is 3.35. The highest BCUT2D eigenvalue weighted by atomic mass is 31.2. The van der Waals surface area contributed by atoms with Crippen LogP contribution in [-0.4, -0.2) is 38.8 Å². The summed E-state index contributed by atoms with van der Waals surface area (Å²) in [5.41, 5.74) is -1.71. The Morgan fingerprint density at radius 3 is 2.45 bits per heavy atom. The number of esters is 1. The van der Waals surface area contributed by atoms with Crippen molar-refractivity contribution in [2.45, 2.75) is 26.3 Å². The van der Waals surface area contributed by atoms with E-state index >= 15 is 0 Å². The van der Waals surface area contributed by atoms with Crippen LogP contribution in [0.25, 0.3) is 0 Å². The fourth-order valence-corrected chi connectivity index (χ4v) is 4.94. The molecule has 156 valence electrons. The van der Waals surface area contributed by atoms with E-state index in [1.54, 1.807) is 39.0 Å². The fraction of sp³-hybridized carbons (Fsp3) is 0.444. The minimum Gasteiger partial charge on any atom is -0.497 e. The van der Waals surface area contributed by atoms with Crippen LogP contribution < -0.4 is 10.1 Å². The number of rotatable bonds is 8. The Bertz CT molecular complexity index is 949. The summed E-state index contributed by atoms with van der Waals surface area (Å²) < 4.78 is 34.5. The van der Waals surface area contributed by atoms with Gasteiger partial charge in [-0.3, -0.25) is 9.36 Å². The lowest BCUT2D eigenvalue weighted by atomic mass is 9.85. The molecule has 0 fully saturated rings. The maximum absolute atomic E-state index is 13.4. The van der Waals surface area contributed by atoms with Gasteiger partial charge in [0.2, 0.25) is 5.54 Å². The summed E-state index contributed by atoms with van der Waals surface area (Å²) in [6.45, 7) is 4.98. The molecule has 10 nitrogen and oxygen atoms in total. The summed E-state index contributed by atoms with van der Waals surface area (Å²) in [5, 5.41) is 10.8. The van der Waals surface area contributed by atoms with Crippen molar-refractivity contribution in [3.63, 3.8) is 0 Å². The van der Waals surface area contributed by atoms with Crippen LogP contribution in [0.3, 0.4) is 0 Å². The van der Waals surface area contributed by atoms with Crippen molar-refractivity contribution >= 4 is 25.2 Å². The highest BCUT2D eigenvalue weighted by Gasteiger charge is 2.60. The van der Waals surface area contributed by atoms with Crippen molar-refractivity contribution in [1.29, 1.82) is 0 Å². The van der Waals surface area contributed by atoms with Gasteiger partial charge in [0.05, 0.1) is 26.9 Å². The number of nitrogens with zero attached hydrogens (tertiary/aromatic N) is 2. The van der Waals surface area contributed by atoms with Crippen LogP contribution in [0.4, 0.5) is 5.69 Å². The molecule has 1 aromatic rings. The fourth-order valence-electron chi connectivity index (χ4n) is 3.26. The average molecular weight is 423 g/mol. The third-order valence-corrected chi connectivity index (χ3v) is 6.44. The SMILES string of the molecule is CCOC(=O)C1=C(P(=O)(OCC)OCC)N=NC12C(=O)Nc1ccc(OC)cc12. The molecule has 0 saturated carbocycles. The van der Waals surface area contributed by atoms with Gasteiger partial charge in [-0.15, -0.1) is 5.11 Å². The van der Waals surface area contributed by atoms with Crippen LogP contribution in [0, 0.1) is 0 Å². The summed E-state index contributed by atoms with van der Waals surface area (Å²) in [4.78, 5) is 26.0. The van der Waals surface area contributed by atoms with Crippen LogP contribution in [0.1, 0.15) is 26.3 Å². The van der Waals surface area contributed by atoms with E-state index in [1.165, 1.54) is 7.11 Å². The molecule has 29 heavy (non-hydrogen) atoms. The van der Waals surface area contributed by atoms with Gasteiger partial charge in [-0.25, -0.2) is 4.79 Å². The number of ether oxygens (including phenoxy) is 2. The summed E-state index contributed by atoms with van der Waals surface area (Å²) in [6, 6.07) is 4.85. The standard InChI is InChI=1S/C18H22N3O7P/c1-5-26-16(22)14-15(29(24,27-6-2)28-7-3)20-21-18(14)12-10-11(25-4)8-9-13(12)19-17(18)23/h8-10H,5-7H2,1-4H3,(H,19,23). The lowest BCUT2D eigenvalue weighted by Crippen LogP contribution is -2.37. The number of carbonyl (C=O) groups excluding carboxylic acids is 2. The van der Waals surface area contributed by atoms with Crippen molar-refractivity contribution in [1.82, 2.24) is 0 Å². The molecule has 2 aliphatic rings. The maximum atomic E-state index is 13.4. The lowest BCUT2D eigenvalue weighted by Gasteiger charge is -2.22. The molecule has 11 heteroatoms. The molecule has 3 rings (SSSR count). The lowest BCUT2D eigenvalue weighted by molar-refractivity contribution is -0.140. The van der Waals surface area contributed by atoms with Gasteiger partial charge in [0.15, 0.2) is 5.44 Å². The first-order chi connectivity index (χ1) is 13.9. The molecule has 1 unspecified atom stereocenters. The van der Waals surface area contributed by atoms with Gasteiger partial charge in [-0.1, -0.05) is 0 Å². The average Bonchev–Trinajstić information content (AvgIpc) is 3.22.